The lowest BCUT2D eigenvalue weighted by Gasteiger charge is -2.07. The molecule has 1 amide bonds. The SMILES string of the molecule is O=C(Cc1ccccc1)ONc1ccc(N=NC(=O)c2ccc([N+](=O)[O-])cc2)cc1. The van der Waals surface area contributed by atoms with Gasteiger partial charge in [-0.3, -0.25) is 14.9 Å². The number of carbonyl (C=O) groups excluding carboxylic acids is 2. The van der Waals surface area contributed by atoms with Crippen LogP contribution >= 0.6 is 0 Å². The van der Waals surface area contributed by atoms with Crippen LogP contribution < -0.4 is 5.48 Å². The summed E-state index contributed by atoms with van der Waals surface area (Å²) in [5, 5.41) is 18.1. The van der Waals surface area contributed by atoms with E-state index in [1.54, 1.807) is 24.3 Å². The monoisotopic (exact) mass is 404 g/mol. The van der Waals surface area contributed by atoms with Crippen molar-refractivity contribution in [1.82, 2.24) is 0 Å². The highest BCUT2D eigenvalue weighted by atomic mass is 16.7. The zero-order chi connectivity index (χ0) is 21.3. The normalized spacial score (nSPS) is 10.5. The van der Waals surface area contributed by atoms with Gasteiger partial charge in [0.1, 0.15) is 0 Å². The van der Waals surface area contributed by atoms with Gasteiger partial charge in [-0.05, 0) is 42.0 Å². The van der Waals surface area contributed by atoms with Gasteiger partial charge in [-0.1, -0.05) is 30.3 Å². The van der Waals surface area contributed by atoms with Gasteiger partial charge in [-0.15, -0.1) is 10.2 Å². The number of carbonyl (C=O) groups is 2. The van der Waals surface area contributed by atoms with Gasteiger partial charge in [0.2, 0.25) is 0 Å². The van der Waals surface area contributed by atoms with Crippen molar-refractivity contribution in [3.63, 3.8) is 0 Å². The lowest BCUT2D eigenvalue weighted by Crippen LogP contribution is -2.12. The van der Waals surface area contributed by atoms with Crippen molar-refractivity contribution < 1.29 is 19.3 Å². The molecule has 3 aromatic rings. The first-order valence-electron chi connectivity index (χ1n) is 8.81. The van der Waals surface area contributed by atoms with Crippen LogP contribution in [0.25, 0.3) is 0 Å². The number of hydrogen-bond donors (Lipinski definition) is 1. The van der Waals surface area contributed by atoms with Gasteiger partial charge < -0.3 is 4.84 Å². The average Bonchev–Trinajstić information content (AvgIpc) is 2.77. The molecule has 1 N–H and O–H groups in total. The zero-order valence-electron chi connectivity index (χ0n) is 15.6. The Bertz CT molecular complexity index is 1060. The maximum atomic E-state index is 12.0. The number of nitro benzene ring substituents is 1. The van der Waals surface area contributed by atoms with E-state index in [-0.39, 0.29) is 17.7 Å². The smallest absolute Gasteiger partial charge is 0.336 e. The molecule has 3 rings (SSSR count). The third-order valence-corrected chi connectivity index (χ3v) is 3.92. The van der Waals surface area contributed by atoms with Crippen LogP contribution in [0.1, 0.15) is 15.9 Å². The second kappa shape index (κ2) is 9.69. The summed E-state index contributed by atoms with van der Waals surface area (Å²) in [6, 6.07) is 20.7. The Labute approximate surface area is 171 Å². The van der Waals surface area contributed by atoms with Crippen molar-refractivity contribution in [3.05, 3.63) is 100 Å². The Morgan fingerprint density at radius 1 is 0.933 bits per heavy atom. The molecular formula is C21H16N4O5. The molecule has 9 nitrogen and oxygen atoms in total. The lowest BCUT2D eigenvalue weighted by molar-refractivity contribution is -0.384. The van der Waals surface area contributed by atoms with E-state index in [0.717, 1.165) is 5.56 Å². The molecule has 0 saturated carbocycles. The third kappa shape index (κ3) is 5.80. The van der Waals surface area contributed by atoms with Crippen molar-refractivity contribution in [1.29, 1.82) is 0 Å². The van der Waals surface area contributed by atoms with Gasteiger partial charge in [0.25, 0.3) is 11.6 Å². The quantitative estimate of drug-likeness (QED) is 0.348. The maximum Gasteiger partial charge on any atom is 0.336 e. The van der Waals surface area contributed by atoms with E-state index in [0.29, 0.717) is 11.4 Å². The van der Waals surface area contributed by atoms with Crippen molar-refractivity contribution in [2.75, 3.05) is 5.48 Å². The Hall–Kier alpha value is -4.40. The number of benzene rings is 3. The van der Waals surface area contributed by atoms with E-state index >= 15 is 0 Å². The fourth-order valence-electron chi connectivity index (χ4n) is 2.40. The van der Waals surface area contributed by atoms with Crippen LogP contribution in [-0.2, 0) is 16.1 Å². The first-order valence-corrected chi connectivity index (χ1v) is 8.81. The van der Waals surface area contributed by atoms with Crippen LogP contribution in [0.4, 0.5) is 17.1 Å². The van der Waals surface area contributed by atoms with Gasteiger partial charge in [-0.25, -0.2) is 10.3 Å². The van der Waals surface area contributed by atoms with Crippen LogP contribution in [0.3, 0.4) is 0 Å². The molecule has 0 aromatic heterocycles. The van der Waals surface area contributed by atoms with E-state index in [9.17, 15) is 19.7 Å². The molecule has 0 heterocycles. The molecule has 0 bridgehead atoms. The fourth-order valence-corrected chi connectivity index (χ4v) is 2.40. The number of nitrogens with zero attached hydrogens (tertiary/aromatic N) is 3. The molecule has 0 unspecified atom stereocenters. The molecule has 0 fully saturated rings. The predicted molar refractivity (Wildman–Crippen MR) is 108 cm³/mol. The number of nitro groups is 1. The summed E-state index contributed by atoms with van der Waals surface area (Å²) >= 11 is 0. The standard InChI is InChI=1S/C21H16N4O5/c26-20(14-15-4-2-1-3-5-15)30-24-18-10-8-17(9-11-18)22-23-21(27)16-6-12-19(13-7-16)25(28)29/h1-13,24H,14H2. The van der Waals surface area contributed by atoms with Crippen molar-refractivity contribution in [2.45, 2.75) is 6.42 Å². The number of anilines is 1. The van der Waals surface area contributed by atoms with Gasteiger partial charge in [0.15, 0.2) is 0 Å². The van der Waals surface area contributed by atoms with E-state index in [2.05, 4.69) is 15.7 Å². The van der Waals surface area contributed by atoms with Gasteiger partial charge >= 0.3 is 5.97 Å². The summed E-state index contributed by atoms with van der Waals surface area (Å²) in [6.45, 7) is 0. The molecule has 0 aliphatic heterocycles. The van der Waals surface area contributed by atoms with Gasteiger partial charge in [0, 0.05) is 17.7 Å². The molecule has 150 valence electrons. The molecule has 9 heteroatoms. The number of non-ortho nitro benzene ring substituents is 1. The first kappa shape index (κ1) is 20.3. The Kier molecular flexibility index (Phi) is 6.57. The molecule has 0 aliphatic rings. The first-order chi connectivity index (χ1) is 14.5. The molecule has 0 radical (unpaired) electrons. The second-order valence-electron chi connectivity index (χ2n) is 6.09. The summed E-state index contributed by atoms with van der Waals surface area (Å²) in [4.78, 5) is 38.9. The van der Waals surface area contributed by atoms with Crippen LogP contribution in [0, 0.1) is 10.1 Å². The minimum atomic E-state index is -0.623. The molecule has 0 aliphatic carbocycles. The van der Waals surface area contributed by atoms with E-state index in [4.69, 9.17) is 4.84 Å². The maximum absolute atomic E-state index is 12.0. The minimum absolute atomic E-state index is 0.115. The second-order valence-corrected chi connectivity index (χ2v) is 6.09. The molecule has 0 atom stereocenters. The van der Waals surface area contributed by atoms with Crippen LogP contribution in [0.2, 0.25) is 0 Å². The topological polar surface area (TPSA) is 123 Å². The van der Waals surface area contributed by atoms with Gasteiger partial charge in [0.05, 0.1) is 22.7 Å². The van der Waals surface area contributed by atoms with E-state index in [1.165, 1.54) is 24.3 Å². The molecular weight excluding hydrogens is 388 g/mol. The zero-order valence-corrected chi connectivity index (χ0v) is 15.6. The van der Waals surface area contributed by atoms with Gasteiger partial charge in [-0.2, -0.15) is 0 Å². The van der Waals surface area contributed by atoms with E-state index < -0.39 is 16.8 Å². The Balaban J connectivity index is 1.51. The van der Waals surface area contributed by atoms with Crippen LogP contribution in [-0.4, -0.2) is 16.8 Å². The number of hydrogen-bond acceptors (Lipinski definition) is 7. The largest absolute Gasteiger partial charge is 0.343 e. The highest BCUT2D eigenvalue weighted by Crippen LogP contribution is 2.18. The highest BCUT2D eigenvalue weighted by molar-refractivity contribution is 5.94. The number of nitrogens with one attached hydrogen (secondary N) is 1. The van der Waals surface area contributed by atoms with Crippen molar-refractivity contribution >= 4 is 28.9 Å². The highest BCUT2D eigenvalue weighted by Gasteiger charge is 2.09. The molecule has 3 aromatic carbocycles. The Morgan fingerprint density at radius 3 is 2.23 bits per heavy atom. The predicted octanol–water partition coefficient (Wildman–Crippen LogP) is 4.63. The Morgan fingerprint density at radius 2 is 1.60 bits per heavy atom. The fraction of sp³-hybridized carbons (Fsp3) is 0.0476. The lowest BCUT2D eigenvalue weighted by atomic mass is 10.2. The van der Waals surface area contributed by atoms with Crippen molar-refractivity contribution in [2.24, 2.45) is 10.2 Å². The number of rotatable bonds is 7. The third-order valence-electron chi connectivity index (χ3n) is 3.92. The molecule has 0 saturated heterocycles. The van der Waals surface area contributed by atoms with E-state index in [1.807, 2.05) is 30.3 Å². The van der Waals surface area contributed by atoms with Crippen LogP contribution in [0.15, 0.2) is 89.1 Å². The summed E-state index contributed by atoms with van der Waals surface area (Å²) in [6.07, 6.45) is 0.144. The van der Waals surface area contributed by atoms with Crippen molar-refractivity contribution in [3.8, 4) is 0 Å². The molecule has 30 heavy (non-hydrogen) atoms. The summed E-state index contributed by atoms with van der Waals surface area (Å²) < 4.78 is 0. The number of amides is 1. The summed E-state index contributed by atoms with van der Waals surface area (Å²) in [5.74, 6) is -1.05. The minimum Gasteiger partial charge on any atom is -0.343 e. The summed E-state index contributed by atoms with van der Waals surface area (Å²) in [7, 11) is 0. The molecule has 0 spiro atoms. The summed E-state index contributed by atoms with van der Waals surface area (Å²) in [5.41, 5.74) is 4.41. The number of azo groups is 1. The van der Waals surface area contributed by atoms with Crippen LogP contribution in [0.5, 0.6) is 0 Å². The average molecular weight is 404 g/mol.